The highest BCUT2D eigenvalue weighted by atomic mass is 16.4. The number of carboxylic acid groups (broad SMARTS) is 1. The summed E-state index contributed by atoms with van der Waals surface area (Å²) in [4.78, 5) is 62.1. The first-order valence-corrected chi connectivity index (χ1v) is 9.97. The summed E-state index contributed by atoms with van der Waals surface area (Å²) in [6.45, 7) is 2.87. The van der Waals surface area contributed by atoms with E-state index in [1.165, 1.54) is 18.9 Å². The SMILES string of the molecule is CC(C)C(NC(=O)C(N)Cc1cnc[nH]1)C(=O)NC(Cc1cnc[nH]1)C(=O)NCC(=O)O. The van der Waals surface area contributed by atoms with Crippen molar-refractivity contribution in [1.82, 2.24) is 35.9 Å². The summed E-state index contributed by atoms with van der Waals surface area (Å²) < 4.78 is 0. The van der Waals surface area contributed by atoms with Gasteiger partial charge in [-0.1, -0.05) is 13.8 Å². The summed E-state index contributed by atoms with van der Waals surface area (Å²) in [5.74, 6) is -3.34. The molecule has 0 saturated heterocycles. The molecule has 32 heavy (non-hydrogen) atoms. The fraction of sp³-hybridized carbons (Fsp3) is 0.474. The molecule has 0 aliphatic heterocycles. The third-order valence-electron chi connectivity index (χ3n) is 4.60. The average Bonchev–Trinajstić information content (AvgIpc) is 3.43. The van der Waals surface area contributed by atoms with Crippen molar-refractivity contribution in [3.8, 4) is 0 Å². The molecule has 0 radical (unpaired) electrons. The molecule has 0 fully saturated rings. The molecule has 3 unspecified atom stereocenters. The Kier molecular flexibility index (Phi) is 8.89. The molecular formula is C19H28N8O5. The normalized spacial score (nSPS) is 13.8. The minimum Gasteiger partial charge on any atom is -0.480 e. The topological polar surface area (TPSA) is 208 Å². The summed E-state index contributed by atoms with van der Waals surface area (Å²) in [5.41, 5.74) is 7.18. The highest BCUT2D eigenvalue weighted by molar-refractivity contribution is 5.94. The van der Waals surface area contributed by atoms with Crippen LogP contribution in [-0.4, -0.2) is 73.4 Å². The quantitative estimate of drug-likeness (QED) is 0.194. The Morgan fingerprint density at radius 1 is 0.969 bits per heavy atom. The number of imidazole rings is 2. The van der Waals surface area contributed by atoms with Crippen molar-refractivity contribution in [1.29, 1.82) is 0 Å². The number of nitrogens with zero attached hydrogens (tertiary/aromatic N) is 2. The van der Waals surface area contributed by atoms with E-state index in [1.54, 1.807) is 20.0 Å². The Balaban J connectivity index is 2.06. The van der Waals surface area contributed by atoms with Crippen LogP contribution in [0.2, 0.25) is 0 Å². The van der Waals surface area contributed by atoms with Crippen molar-refractivity contribution in [3.63, 3.8) is 0 Å². The van der Waals surface area contributed by atoms with E-state index in [9.17, 15) is 19.2 Å². The van der Waals surface area contributed by atoms with Crippen LogP contribution in [-0.2, 0) is 32.0 Å². The van der Waals surface area contributed by atoms with E-state index in [-0.39, 0.29) is 18.8 Å². The van der Waals surface area contributed by atoms with Gasteiger partial charge in [-0.15, -0.1) is 0 Å². The number of amides is 3. The Labute approximate surface area is 184 Å². The molecule has 2 aromatic rings. The van der Waals surface area contributed by atoms with Crippen LogP contribution in [0, 0.1) is 5.92 Å². The third kappa shape index (κ3) is 7.50. The van der Waals surface area contributed by atoms with Crippen LogP contribution >= 0.6 is 0 Å². The number of rotatable bonds is 12. The Hall–Kier alpha value is -3.74. The van der Waals surface area contributed by atoms with Crippen LogP contribution in [0.1, 0.15) is 25.2 Å². The monoisotopic (exact) mass is 448 g/mol. The van der Waals surface area contributed by atoms with Gasteiger partial charge in [0.15, 0.2) is 0 Å². The predicted octanol–water partition coefficient (Wildman–Crippen LogP) is -1.93. The molecule has 0 saturated carbocycles. The molecule has 0 aromatic carbocycles. The summed E-state index contributed by atoms with van der Waals surface area (Å²) in [6, 6.07) is -2.96. The number of carboxylic acids is 1. The van der Waals surface area contributed by atoms with Crippen molar-refractivity contribution < 1.29 is 24.3 Å². The second-order valence-corrected chi connectivity index (χ2v) is 7.57. The van der Waals surface area contributed by atoms with Gasteiger partial charge in [0.2, 0.25) is 17.7 Å². The van der Waals surface area contributed by atoms with Crippen LogP contribution < -0.4 is 21.7 Å². The number of carbonyl (C=O) groups is 4. The lowest BCUT2D eigenvalue weighted by atomic mass is 10.0. The number of aromatic nitrogens is 4. The average molecular weight is 448 g/mol. The van der Waals surface area contributed by atoms with Gasteiger partial charge >= 0.3 is 5.97 Å². The van der Waals surface area contributed by atoms with Gasteiger partial charge in [0.05, 0.1) is 18.7 Å². The van der Waals surface area contributed by atoms with E-state index in [1.807, 2.05) is 0 Å². The molecule has 2 aromatic heterocycles. The highest BCUT2D eigenvalue weighted by Crippen LogP contribution is 2.06. The number of aromatic amines is 2. The first-order chi connectivity index (χ1) is 15.2. The number of carbonyl (C=O) groups excluding carboxylic acids is 3. The maximum Gasteiger partial charge on any atom is 0.322 e. The second kappa shape index (κ2) is 11.6. The van der Waals surface area contributed by atoms with Gasteiger partial charge in [0.25, 0.3) is 0 Å². The number of hydrogen-bond acceptors (Lipinski definition) is 7. The zero-order valence-corrected chi connectivity index (χ0v) is 17.8. The maximum absolute atomic E-state index is 12.9. The minimum atomic E-state index is -1.22. The van der Waals surface area contributed by atoms with Gasteiger partial charge < -0.3 is 36.8 Å². The maximum atomic E-state index is 12.9. The number of aliphatic carboxylic acids is 1. The number of nitrogens with one attached hydrogen (secondary N) is 5. The van der Waals surface area contributed by atoms with Gasteiger partial charge in [-0.25, -0.2) is 9.97 Å². The Bertz CT molecular complexity index is 897. The van der Waals surface area contributed by atoms with Crippen LogP contribution in [0.3, 0.4) is 0 Å². The molecule has 3 atom stereocenters. The van der Waals surface area contributed by atoms with Crippen molar-refractivity contribution in [2.75, 3.05) is 6.54 Å². The fourth-order valence-electron chi connectivity index (χ4n) is 2.89. The largest absolute Gasteiger partial charge is 0.480 e. The minimum absolute atomic E-state index is 0.0509. The summed E-state index contributed by atoms with van der Waals surface area (Å²) in [7, 11) is 0. The Morgan fingerprint density at radius 2 is 1.56 bits per heavy atom. The van der Waals surface area contributed by atoms with Crippen LogP contribution in [0.15, 0.2) is 25.0 Å². The highest BCUT2D eigenvalue weighted by Gasteiger charge is 2.30. The van der Waals surface area contributed by atoms with Crippen LogP contribution in [0.25, 0.3) is 0 Å². The molecule has 3 amide bonds. The van der Waals surface area contributed by atoms with Crippen LogP contribution in [0.4, 0.5) is 0 Å². The predicted molar refractivity (Wildman–Crippen MR) is 112 cm³/mol. The standard InChI is InChI=1S/C19H28N8O5/c1-10(2)16(27-17(30)13(20)3-11-5-21-8-24-11)19(32)26-14(4-12-6-22-9-25-12)18(31)23-7-15(28)29/h5-6,8-10,13-14,16H,3-4,7,20H2,1-2H3,(H,21,24)(H,22,25)(H,23,31)(H,26,32)(H,27,30)(H,28,29). The van der Waals surface area contributed by atoms with E-state index in [4.69, 9.17) is 10.8 Å². The van der Waals surface area contributed by atoms with Crippen LogP contribution in [0.5, 0.6) is 0 Å². The molecule has 13 heteroatoms. The molecular weight excluding hydrogens is 420 g/mol. The smallest absolute Gasteiger partial charge is 0.322 e. The van der Waals surface area contributed by atoms with E-state index >= 15 is 0 Å². The lowest BCUT2D eigenvalue weighted by Crippen LogP contribution is -2.58. The van der Waals surface area contributed by atoms with Gasteiger partial charge in [-0.2, -0.15) is 0 Å². The molecule has 0 bridgehead atoms. The zero-order chi connectivity index (χ0) is 23.7. The number of nitrogens with two attached hydrogens (primary N) is 1. The lowest BCUT2D eigenvalue weighted by Gasteiger charge is -2.26. The molecule has 2 rings (SSSR count). The third-order valence-corrected chi connectivity index (χ3v) is 4.60. The van der Waals surface area contributed by atoms with Crippen molar-refractivity contribution in [2.45, 2.75) is 44.8 Å². The van der Waals surface area contributed by atoms with E-state index in [0.29, 0.717) is 11.4 Å². The van der Waals surface area contributed by atoms with Crippen molar-refractivity contribution in [3.05, 3.63) is 36.4 Å². The van der Waals surface area contributed by atoms with E-state index in [2.05, 4.69) is 35.9 Å². The van der Waals surface area contributed by atoms with E-state index < -0.39 is 48.4 Å². The molecule has 174 valence electrons. The van der Waals surface area contributed by atoms with Gasteiger partial charge in [0.1, 0.15) is 18.6 Å². The number of hydrogen-bond donors (Lipinski definition) is 7. The van der Waals surface area contributed by atoms with Crippen molar-refractivity contribution in [2.24, 2.45) is 11.7 Å². The molecule has 8 N–H and O–H groups in total. The summed E-state index contributed by atoms with van der Waals surface area (Å²) in [6.07, 6.45) is 6.18. The molecule has 0 aliphatic rings. The van der Waals surface area contributed by atoms with Gasteiger partial charge in [0, 0.05) is 36.6 Å². The first-order valence-electron chi connectivity index (χ1n) is 9.97. The van der Waals surface area contributed by atoms with Crippen molar-refractivity contribution >= 4 is 23.7 Å². The molecule has 13 nitrogen and oxygen atoms in total. The summed E-state index contributed by atoms with van der Waals surface area (Å²) >= 11 is 0. The summed E-state index contributed by atoms with van der Waals surface area (Å²) in [5, 5.41) is 16.3. The molecule has 0 spiro atoms. The first kappa shape index (κ1) is 24.5. The van der Waals surface area contributed by atoms with Gasteiger partial charge in [-0.05, 0) is 5.92 Å². The number of H-pyrrole nitrogens is 2. The second-order valence-electron chi connectivity index (χ2n) is 7.57. The zero-order valence-electron chi connectivity index (χ0n) is 17.8. The Morgan fingerprint density at radius 3 is 2.06 bits per heavy atom. The molecule has 2 heterocycles. The van der Waals surface area contributed by atoms with Gasteiger partial charge in [-0.3, -0.25) is 19.2 Å². The molecule has 0 aliphatic carbocycles. The lowest BCUT2D eigenvalue weighted by molar-refractivity contribution is -0.138. The van der Waals surface area contributed by atoms with E-state index in [0.717, 1.165) is 0 Å². The fourth-order valence-corrected chi connectivity index (χ4v) is 2.89.